The number of hydrogen-bond donors (Lipinski definition) is 2. The Morgan fingerprint density at radius 3 is 2.67 bits per heavy atom. The Kier molecular flexibility index (Phi) is 5.57. The van der Waals surface area contributed by atoms with Crippen LogP contribution < -0.4 is 5.32 Å². The Morgan fingerprint density at radius 2 is 1.95 bits per heavy atom. The summed E-state index contributed by atoms with van der Waals surface area (Å²) in [6, 6.07) is 5.76. The van der Waals surface area contributed by atoms with Crippen molar-refractivity contribution in [1.82, 2.24) is 9.88 Å². The first-order chi connectivity index (χ1) is 10.2. The molecule has 0 radical (unpaired) electrons. The number of carbonyl (C=O) groups is 2. The van der Waals surface area contributed by atoms with E-state index in [1.807, 2.05) is 40.5 Å². The van der Waals surface area contributed by atoms with E-state index in [-0.39, 0.29) is 12.3 Å². The monoisotopic (exact) mass is 306 g/mol. The number of carboxylic acid groups (broad SMARTS) is 1. The average molecular weight is 306 g/mol. The lowest BCUT2D eigenvalue weighted by molar-refractivity contribution is -0.137. The second-order valence-corrected chi connectivity index (χ2v) is 5.60. The zero-order valence-electron chi connectivity index (χ0n) is 11.6. The fraction of sp³-hybridized carbons (Fsp3) is 0.333. The van der Waals surface area contributed by atoms with Crippen molar-refractivity contribution in [2.75, 3.05) is 6.54 Å². The molecule has 2 heterocycles. The van der Waals surface area contributed by atoms with Crippen LogP contribution >= 0.6 is 11.3 Å². The van der Waals surface area contributed by atoms with Crippen molar-refractivity contribution in [2.24, 2.45) is 0 Å². The highest BCUT2D eigenvalue weighted by molar-refractivity contribution is 7.12. The van der Waals surface area contributed by atoms with Crippen LogP contribution in [0.1, 0.15) is 35.4 Å². The van der Waals surface area contributed by atoms with Crippen LogP contribution in [-0.2, 0) is 4.79 Å². The molecule has 0 bridgehead atoms. The average Bonchev–Trinajstić information content (AvgIpc) is 3.10. The van der Waals surface area contributed by atoms with Crippen LogP contribution in [0, 0.1) is 0 Å². The van der Waals surface area contributed by atoms with Gasteiger partial charge in [-0.05, 0) is 36.4 Å². The SMILES string of the molecule is O=C(O)CCCCCNC(=O)c1sccc1-n1cccc1. The Labute approximate surface area is 127 Å². The van der Waals surface area contributed by atoms with Crippen molar-refractivity contribution in [1.29, 1.82) is 0 Å². The van der Waals surface area contributed by atoms with E-state index in [1.54, 1.807) is 0 Å². The first kappa shape index (κ1) is 15.3. The molecule has 0 atom stereocenters. The number of aromatic nitrogens is 1. The van der Waals surface area contributed by atoms with Gasteiger partial charge in [0.25, 0.3) is 5.91 Å². The van der Waals surface area contributed by atoms with Crippen molar-refractivity contribution in [3.63, 3.8) is 0 Å². The molecule has 0 unspecified atom stereocenters. The lowest BCUT2D eigenvalue weighted by Gasteiger charge is -2.06. The quantitative estimate of drug-likeness (QED) is 0.737. The van der Waals surface area contributed by atoms with Crippen LogP contribution in [0.4, 0.5) is 0 Å². The molecule has 5 nitrogen and oxygen atoms in total. The third kappa shape index (κ3) is 4.46. The largest absolute Gasteiger partial charge is 0.481 e. The summed E-state index contributed by atoms with van der Waals surface area (Å²) in [5.41, 5.74) is 0.883. The van der Waals surface area contributed by atoms with Crippen molar-refractivity contribution in [2.45, 2.75) is 25.7 Å². The number of thiophene rings is 1. The third-order valence-electron chi connectivity index (χ3n) is 3.09. The van der Waals surface area contributed by atoms with Crippen LogP contribution in [0.3, 0.4) is 0 Å². The van der Waals surface area contributed by atoms with Crippen molar-refractivity contribution >= 4 is 23.2 Å². The van der Waals surface area contributed by atoms with Gasteiger partial charge in [-0.1, -0.05) is 6.42 Å². The van der Waals surface area contributed by atoms with E-state index in [1.165, 1.54) is 11.3 Å². The van der Waals surface area contributed by atoms with Gasteiger partial charge in [-0.3, -0.25) is 9.59 Å². The minimum atomic E-state index is -0.769. The lowest BCUT2D eigenvalue weighted by Crippen LogP contribution is -2.24. The van der Waals surface area contributed by atoms with E-state index in [0.29, 0.717) is 17.8 Å². The minimum absolute atomic E-state index is 0.0769. The summed E-state index contributed by atoms with van der Waals surface area (Å²) in [5.74, 6) is -0.846. The highest BCUT2D eigenvalue weighted by Gasteiger charge is 2.13. The first-order valence-corrected chi connectivity index (χ1v) is 7.77. The number of unbranched alkanes of at least 4 members (excludes halogenated alkanes) is 2. The molecule has 2 aromatic rings. The molecule has 2 aromatic heterocycles. The molecule has 21 heavy (non-hydrogen) atoms. The molecule has 0 aromatic carbocycles. The molecule has 0 saturated heterocycles. The van der Waals surface area contributed by atoms with E-state index in [9.17, 15) is 9.59 Å². The van der Waals surface area contributed by atoms with Crippen LogP contribution in [0.25, 0.3) is 5.69 Å². The number of nitrogens with zero attached hydrogens (tertiary/aromatic N) is 1. The van der Waals surface area contributed by atoms with E-state index in [0.717, 1.165) is 18.5 Å². The predicted octanol–water partition coefficient (Wildman–Crippen LogP) is 2.91. The molecule has 112 valence electrons. The van der Waals surface area contributed by atoms with Gasteiger partial charge in [0.2, 0.25) is 0 Å². The summed E-state index contributed by atoms with van der Waals surface area (Å²) in [7, 11) is 0. The van der Waals surface area contributed by atoms with E-state index in [2.05, 4.69) is 5.32 Å². The van der Waals surface area contributed by atoms with Crippen molar-refractivity contribution < 1.29 is 14.7 Å². The Bertz CT molecular complexity index is 590. The topological polar surface area (TPSA) is 71.3 Å². The van der Waals surface area contributed by atoms with Gasteiger partial charge in [-0.2, -0.15) is 0 Å². The van der Waals surface area contributed by atoms with Crippen LogP contribution in [-0.4, -0.2) is 28.1 Å². The van der Waals surface area contributed by atoms with Gasteiger partial charge in [-0.25, -0.2) is 0 Å². The molecular weight excluding hydrogens is 288 g/mol. The zero-order chi connectivity index (χ0) is 15.1. The molecule has 2 N–H and O–H groups in total. The zero-order valence-corrected chi connectivity index (χ0v) is 12.4. The smallest absolute Gasteiger partial charge is 0.303 e. The Hall–Kier alpha value is -2.08. The number of carbonyl (C=O) groups excluding carboxylic acids is 1. The second-order valence-electron chi connectivity index (χ2n) is 4.69. The van der Waals surface area contributed by atoms with E-state index in [4.69, 9.17) is 5.11 Å². The van der Waals surface area contributed by atoms with Gasteiger partial charge in [0.15, 0.2) is 0 Å². The van der Waals surface area contributed by atoms with Gasteiger partial charge < -0.3 is 15.0 Å². The summed E-state index contributed by atoms with van der Waals surface area (Å²) in [5, 5.41) is 13.3. The normalized spacial score (nSPS) is 10.5. The van der Waals surface area contributed by atoms with Gasteiger partial charge in [0, 0.05) is 25.4 Å². The maximum Gasteiger partial charge on any atom is 0.303 e. The first-order valence-electron chi connectivity index (χ1n) is 6.89. The van der Waals surface area contributed by atoms with Crippen LogP contribution in [0.2, 0.25) is 0 Å². The fourth-order valence-corrected chi connectivity index (χ4v) is 2.84. The fourth-order valence-electron chi connectivity index (χ4n) is 2.03. The molecule has 2 rings (SSSR count). The van der Waals surface area contributed by atoms with E-state index < -0.39 is 5.97 Å². The maximum atomic E-state index is 12.2. The molecule has 0 aliphatic rings. The minimum Gasteiger partial charge on any atom is -0.481 e. The molecule has 0 aliphatic heterocycles. The van der Waals surface area contributed by atoms with Crippen LogP contribution in [0.5, 0.6) is 0 Å². The summed E-state index contributed by atoms with van der Waals surface area (Å²) in [4.78, 5) is 23.2. The van der Waals surface area contributed by atoms with Gasteiger partial charge in [0.05, 0.1) is 5.69 Å². The maximum absolute atomic E-state index is 12.2. The number of carboxylic acids is 1. The second kappa shape index (κ2) is 7.64. The molecule has 0 spiro atoms. The number of nitrogens with one attached hydrogen (secondary N) is 1. The molecule has 0 fully saturated rings. The van der Waals surface area contributed by atoms with Crippen LogP contribution in [0.15, 0.2) is 36.0 Å². The highest BCUT2D eigenvalue weighted by atomic mass is 32.1. The standard InChI is InChI=1S/C15H18N2O3S/c18-13(19)6-2-1-3-8-16-15(20)14-12(7-11-21-14)17-9-4-5-10-17/h4-5,7,9-11H,1-3,6,8H2,(H,16,20)(H,18,19). The van der Waals surface area contributed by atoms with E-state index >= 15 is 0 Å². The van der Waals surface area contributed by atoms with Gasteiger partial charge >= 0.3 is 5.97 Å². The third-order valence-corrected chi connectivity index (χ3v) is 3.99. The molecular formula is C15H18N2O3S. The highest BCUT2D eigenvalue weighted by Crippen LogP contribution is 2.21. The summed E-state index contributed by atoms with van der Waals surface area (Å²) in [6.07, 6.45) is 6.26. The summed E-state index contributed by atoms with van der Waals surface area (Å²) < 4.78 is 1.91. The van der Waals surface area contributed by atoms with Gasteiger partial charge in [0.1, 0.15) is 4.88 Å². The van der Waals surface area contributed by atoms with Crippen molar-refractivity contribution in [3.8, 4) is 5.69 Å². The number of aliphatic carboxylic acids is 1. The van der Waals surface area contributed by atoms with Gasteiger partial charge in [-0.15, -0.1) is 11.3 Å². The Balaban J connectivity index is 1.79. The summed E-state index contributed by atoms with van der Waals surface area (Å²) in [6.45, 7) is 0.571. The number of amides is 1. The molecule has 0 aliphatic carbocycles. The molecule has 1 amide bonds. The predicted molar refractivity (Wildman–Crippen MR) is 82.1 cm³/mol. The molecule has 6 heteroatoms. The molecule has 0 saturated carbocycles. The number of rotatable bonds is 8. The van der Waals surface area contributed by atoms with Crippen molar-refractivity contribution in [3.05, 3.63) is 40.8 Å². The Morgan fingerprint density at radius 1 is 1.19 bits per heavy atom. The summed E-state index contributed by atoms with van der Waals surface area (Å²) >= 11 is 1.42. The number of hydrogen-bond acceptors (Lipinski definition) is 3. The lowest BCUT2D eigenvalue weighted by atomic mass is 10.2.